The zero-order chi connectivity index (χ0) is 22.3. The van der Waals surface area contributed by atoms with E-state index in [1.54, 1.807) is 7.11 Å². The first-order chi connectivity index (χ1) is 15.7. The van der Waals surface area contributed by atoms with Crippen LogP contribution in [0.2, 0.25) is 0 Å². The van der Waals surface area contributed by atoms with Gasteiger partial charge < -0.3 is 15.0 Å². The van der Waals surface area contributed by atoms with Crippen molar-refractivity contribution in [2.45, 2.75) is 19.0 Å². The van der Waals surface area contributed by atoms with Crippen LogP contribution in [0, 0.1) is 0 Å². The number of nitrogens with zero attached hydrogens (tertiary/aromatic N) is 2. The predicted octanol–water partition coefficient (Wildman–Crippen LogP) is 4.11. The SMILES string of the molecule is COc1ccc(N2CCN([C@@H](C)C(=O)NC(c3ccccc3)c3ccccc3)CC2)cc1. The van der Waals surface area contributed by atoms with Crippen LogP contribution in [0.25, 0.3) is 0 Å². The molecule has 3 aromatic rings. The van der Waals surface area contributed by atoms with Gasteiger partial charge in [-0.05, 0) is 42.3 Å². The third-order valence-electron chi connectivity index (χ3n) is 6.23. The van der Waals surface area contributed by atoms with Gasteiger partial charge in [-0.3, -0.25) is 9.69 Å². The summed E-state index contributed by atoms with van der Waals surface area (Å²) in [6.45, 7) is 5.49. The fourth-order valence-electron chi connectivity index (χ4n) is 4.24. The van der Waals surface area contributed by atoms with Crippen LogP contribution in [-0.4, -0.2) is 50.1 Å². The zero-order valence-electron chi connectivity index (χ0n) is 18.8. The molecule has 1 heterocycles. The molecular weight excluding hydrogens is 398 g/mol. The summed E-state index contributed by atoms with van der Waals surface area (Å²) in [6, 6.07) is 28.1. The lowest BCUT2D eigenvalue weighted by Crippen LogP contribution is -2.54. The molecule has 0 aliphatic carbocycles. The van der Waals surface area contributed by atoms with Crippen LogP contribution >= 0.6 is 0 Å². The lowest BCUT2D eigenvalue weighted by molar-refractivity contribution is -0.126. The van der Waals surface area contributed by atoms with Gasteiger partial charge in [0, 0.05) is 31.9 Å². The molecule has 1 amide bonds. The van der Waals surface area contributed by atoms with Crippen molar-refractivity contribution < 1.29 is 9.53 Å². The predicted molar refractivity (Wildman–Crippen MR) is 129 cm³/mol. The summed E-state index contributed by atoms with van der Waals surface area (Å²) in [5.41, 5.74) is 3.36. The molecule has 0 unspecified atom stereocenters. The van der Waals surface area contributed by atoms with Crippen molar-refractivity contribution in [1.29, 1.82) is 0 Å². The highest BCUT2D eigenvalue weighted by Crippen LogP contribution is 2.23. The van der Waals surface area contributed by atoms with E-state index in [2.05, 4.69) is 51.5 Å². The van der Waals surface area contributed by atoms with Gasteiger partial charge in [-0.2, -0.15) is 0 Å². The summed E-state index contributed by atoms with van der Waals surface area (Å²) in [4.78, 5) is 17.9. The molecule has 0 radical (unpaired) electrons. The van der Waals surface area contributed by atoms with Crippen LogP contribution in [0.5, 0.6) is 5.75 Å². The van der Waals surface area contributed by atoms with Crippen LogP contribution in [0.3, 0.4) is 0 Å². The number of piperazine rings is 1. The standard InChI is InChI=1S/C27H31N3O2/c1-21(29-17-19-30(20-18-29)24-13-15-25(32-2)16-14-24)27(31)28-26(22-9-5-3-6-10-22)23-11-7-4-8-12-23/h3-16,21,26H,17-20H2,1-2H3,(H,28,31)/t21-/m0/s1. The van der Waals surface area contributed by atoms with Crippen LogP contribution < -0.4 is 15.0 Å². The number of nitrogens with one attached hydrogen (secondary N) is 1. The van der Waals surface area contributed by atoms with E-state index in [0.717, 1.165) is 43.1 Å². The van der Waals surface area contributed by atoms with Gasteiger partial charge in [-0.1, -0.05) is 60.7 Å². The normalized spacial score (nSPS) is 15.4. The lowest BCUT2D eigenvalue weighted by atomic mass is 9.98. The summed E-state index contributed by atoms with van der Waals surface area (Å²) in [5, 5.41) is 3.29. The average Bonchev–Trinajstić information content (AvgIpc) is 2.88. The number of rotatable bonds is 7. The molecule has 1 aliphatic heterocycles. The molecule has 166 valence electrons. The Morgan fingerprint density at radius 3 is 1.84 bits per heavy atom. The minimum atomic E-state index is -0.192. The number of hydrogen-bond donors (Lipinski definition) is 1. The molecule has 32 heavy (non-hydrogen) atoms. The van der Waals surface area contributed by atoms with Gasteiger partial charge in [0.25, 0.3) is 0 Å². The van der Waals surface area contributed by atoms with Crippen molar-refractivity contribution >= 4 is 11.6 Å². The maximum absolute atomic E-state index is 13.2. The number of anilines is 1. The highest BCUT2D eigenvalue weighted by Gasteiger charge is 2.27. The van der Waals surface area contributed by atoms with Crippen molar-refractivity contribution in [2.24, 2.45) is 0 Å². The smallest absolute Gasteiger partial charge is 0.237 e. The molecule has 1 fully saturated rings. The van der Waals surface area contributed by atoms with Crippen molar-refractivity contribution in [2.75, 3.05) is 38.2 Å². The number of hydrogen-bond acceptors (Lipinski definition) is 4. The molecule has 4 rings (SSSR count). The Kier molecular flexibility index (Phi) is 7.07. The molecule has 5 nitrogen and oxygen atoms in total. The molecular formula is C27H31N3O2. The molecule has 1 atom stereocenters. The van der Waals surface area contributed by atoms with Crippen LogP contribution in [0.15, 0.2) is 84.9 Å². The first-order valence-corrected chi connectivity index (χ1v) is 11.2. The van der Waals surface area contributed by atoms with Crippen LogP contribution in [0.1, 0.15) is 24.1 Å². The average molecular weight is 430 g/mol. The molecule has 0 spiro atoms. The Morgan fingerprint density at radius 1 is 0.812 bits per heavy atom. The van der Waals surface area contributed by atoms with Gasteiger partial charge in [-0.15, -0.1) is 0 Å². The van der Waals surface area contributed by atoms with Gasteiger partial charge in [-0.25, -0.2) is 0 Å². The highest BCUT2D eigenvalue weighted by molar-refractivity contribution is 5.82. The minimum Gasteiger partial charge on any atom is -0.497 e. The summed E-state index contributed by atoms with van der Waals surface area (Å²) in [6.07, 6.45) is 0. The number of benzene rings is 3. The fraction of sp³-hybridized carbons (Fsp3) is 0.296. The molecule has 0 bridgehead atoms. The minimum absolute atomic E-state index is 0.0561. The van der Waals surface area contributed by atoms with Crippen molar-refractivity contribution in [3.8, 4) is 5.75 Å². The first-order valence-electron chi connectivity index (χ1n) is 11.2. The molecule has 1 N–H and O–H groups in total. The van der Waals surface area contributed by atoms with E-state index in [1.807, 2.05) is 55.5 Å². The summed E-state index contributed by atoms with van der Waals surface area (Å²) < 4.78 is 5.26. The molecule has 5 heteroatoms. The van der Waals surface area contributed by atoms with E-state index >= 15 is 0 Å². The monoisotopic (exact) mass is 429 g/mol. The summed E-state index contributed by atoms with van der Waals surface area (Å²) in [7, 11) is 1.68. The highest BCUT2D eigenvalue weighted by atomic mass is 16.5. The molecule has 3 aromatic carbocycles. The van der Waals surface area contributed by atoms with Gasteiger partial charge in [0.1, 0.15) is 5.75 Å². The zero-order valence-corrected chi connectivity index (χ0v) is 18.8. The van der Waals surface area contributed by atoms with Gasteiger partial charge in [0.15, 0.2) is 0 Å². The Balaban J connectivity index is 1.39. The molecule has 1 aliphatic rings. The maximum Gasteiger partial charge on any atom is 0.237 e. The van der Waals surface area contributed by atoms with Crippen molar-refractivity contribution in [3.05, 3.63) is 96.1 Å². The molecule has 0 aromatic heterocycles. The number of amides is 1. The van der Waals surface area contributed by atoms with Crippen molar-refractivity contribution in [1.82, 2.24) is 10.2 Å². The van der Waals surface area contributed by atoms with E-state index in [-0.39, 0.29) is 18.0 Å². The third kappa shape index (κ3) is 5.11. The quantitative estimate of drug-likeness (QED) is 0.614. The second-order valence-corrected chi connectivity index (χ2v) is 8.16. The van der Waals surface area contributed by atoms with E-state index in [4.69, 9.17) is 4.74 Å². The van der Waals surface area contributed by atoms with E-state index in [0.29, 0.717) is 0 Å². The number of carbonyl (C=O) groups is 1. The van der Waals surface area contributed by atoms with E-state index in [1.165, 1.54) is 5.69 Å². The fourth-order valence-corrected chi connectivity index (χ4v) is 4.24. The Morgan fingerprint density at radius 2 is 1.34 bits per heavy atom. The first kappa shape index (κ1) is 21.9. The second-order valence-electron chi connectivity index (χ2n) is 8.16. The van der Waals surface area contributed by atoms with Crippen LogP contribution in [0.4, 0.5) is 5.69 Å². The van der Waals surface area contributed by atoms with Crippen LogP contribution in [-0.2, 0) is 4.79 Å². The Labute approximate surface area is 190 Å². The van der Waals surface area contributed by atoms with Crippen molar-refractivity contribution in [3.63, 3.8) is 0 Å². The van der Waals surface area contributed by atoms with Gasteiger partial charge in [0.05, 0.1) is 19.2 Å². The van der Waals surface area contributed by atoms with Gasteiger partial charge >= 0.3 is 0 Å². The van der Waals surface area contributed by atoms with Gasteiger partial charge in [0.2, 0.25) is 5.91 Å². The largest absolute Gasteiger partial charge is 0.497 e. The van der Waals surface area contributed by atoms with E-state index < -0.39 is 0 Å². The summed E-state index contributed by atoms with van der Waals surface area (Å²) >= 11 is 0. The lowest BCUT2D eigenvalue weighted by Gasteiger charge is -2.39. The number of carbonyl (C=O) groups excluding carboxylic acids is 1. The molecule has 1 saturated heterocycles. The topological polar surface area (TPSA) is 44.8 Å². The number of ether oxygens (including phenoxy) is 1. The third-order valence-corrected chi connectivity index (χ3v) is 6.23. The Hall–Kier alpha value is -3.31. The summed E-state index contributed by atoms with van der Waals surface area (Å²) in [5.74, 6) is 0.921. The van der Waals surface area contributed by atoms with E-state index in [9.17, 15) is 4.79 Å². The Bertz CT molecular complexity index is 945. The maximum atomic E-state index is 13.2. The second kappa shape index (κ2) is 10.3. The number of methoxy groups -OCH3 is 1. The molecule has 0 saturated carbocycles.